The van der Waals surface area contributed by atoms with Gasteiger partial charge in [0.2, 0.25) is 0 Å². The number of aryl methyl sites for hydroxylation is 1. The number of methoxy groups -OCH3 is 1. The van der Waals surface area contributed by atoms with Crippen LogP contribution in [0.2, 0.25) is 0 Å². The molecule has 1 aromatic heterocycles. The Morgan fingerprint density at radius 2 is 1.68 bits per heavy atom. The molecule has 2 saturated heterocycles. The zero-order valence-corrected chi connectivity index (χ0v) is 18.6. The monoisotopic (exact) mass is 443 g/mol. The summed E-state index contributed by atoms with van der Waals surface area (Å²) in [5.41, 5.74) is 2.05. The minimum Gasteiger partial charge on any atom is -0.353 e. The minimum atomic E-state index is -3.89. The summed E-state index contributed by atoms with van der Waals surface area (Å²) < 4.78 is 52.6. The lowest BCUT2D eigenvalue weighted by Gasteiger charge is -2.24. The van der Waals surface area contributed by atoms with Crippen LogP contribution in [0.25, 0.3) is 10.9 Å². The zero-order valence-electron chi connectivity index (χ0n) is 17.8. The van der Waals surface area contributed by atoms with Gasteiger partial charge >= 0.3 is 0 Å². The Balaban J connectivity index is 1.69. The highest BCUT2D eigenvalue weighted by Crippen LogP contribution is 2.46. The average Bonchev–Trinajstić information content (AvgIpc) is 3.36. The van der Waals surface area contributed by atoms with Crippen molar-refractivity contribution in [3.8, 4) is 0 Å². The first kappa shape index (κ1) is 20.7. The van der Waals surface area contributed by atoms with Crippen LogP contribution >= 0.6 is 0 Å². The highest BCUT2D eigenvalue weighted by atomic mass is 32.2. The van der Waals surface area contributed by atoms with Crippen LogP contribution in [0, 0.1) is 6.92 Å². The lowest BCUT2D eigenvalue weighted by atomic mass is 10.1. The summed E-state index contributed by atoms with van der Waals surface area (Å²) in [6, 6.07) is 16.0. The van der Waals surface area contributed by atoms with E-state index in [2.05, 4.69) is 0 Å². The predicted octanol–water partition coefficient (Wildman–Crippen LogP) is 3.75. The van der Waals surface area contributed by atoms with Gasteiger partial charge in [-0.1, -0.05) is 35.9 Å². The Labute approximate surface area is 181 Å². The van der Waals surface area contributed by atoms with E-state index in [-0.39, 0.29) is 4.90 Å². The van der Waals surface area contributed by atoms with Gasteiger partial charge in [0.1, 0.15) is 18.3 Å². The Kier molecular flexibility index (Phi) is 4.76. The third kappa shape index (κ3) is 3.30. The van der Waals surface area contributed by atoms with Crippen molar-refractivity contribution in [2.45, 2.75) is 56.1 Å². The molecule has 0 N–H and O–H groups in total. The third-order valence-electron chi connectivity index (χ3n) is 5.79. The Hall–Kier alpha value is -2.23. The maximum absolute atomic E-state index is 13.8. The standard InChI is InChI=1S/C23H25NO6S/c1-14-9-11-16(12-10-14)31(25,26)24-17-8-6-5-7-15(17)13-18(24)19-20-21(22(27-4)28-19)30-23(2,3)29-20/h5-13,19-22H,1-4H3/t19-,20+,21+,22+/m1/s1. The highest BCUT2D eigenvalue weighted by Gasteiger charge is 2.57. The largest absolute Gasteiger partial charge is 0.353 e. The van der Waals surface area contributed by atoms with Gasteiger partial charge in [-0.2, -0.15) is 0 Å². The molecule has 5 rings (SSSR count). The fourth-order valence-electron chi connectivity index (χ4n) is 4.42. The van der Waals surface area contributed by atoms with E-state index in [0.29, 0.717) is 11.2 Å². The molecular formula is C23H25NO6S. The van der Waals surface area contributed by atoms with Gasteiger partial charge < -0.3 is 18.9 Å². The smallest absolute Gasteiger partial charge is 0.268 e. The van der Waals surface area contributed by atoms with E-state index in [9.17, 15) is 8.42 Å². The summed E-state index contributed by atoms with van der Waals surface area (Å²) in [5, 5.41) is 0.798. The number of para-hydroxylation sites is 1. The van der Waals surface area contributed by atoms with Crippen LogP contribution < -0.4 is 0 Å². The van der Waals surface area contributed by atoms with Crippen molar-refractivity contribution in [2.75, 3.05) is 7.11 Å². The normalized spacial score (nSPS) is 27.6. The summed E-state index contributed by atoms with van der Waals surface area (Å²) >= 11 is 0. The molecule has 2 aliphatic rings. The Morgan fingerprint density at radius 3 is 2.39 bits per heavy atom. The van der Waals surface area contributed by atoms with Crippen LogP contribution in [0.3, 0.4) is 0 Å². The first-order chi connectivity index (χ1) is 14.7. The minimum absolute atomic E-state index is 0.211. The first-order valence-corrected chi connectivity index (χ1v) is 11.6. The summed E-state index contributed by atoms with van der Waals surface area (Å²) in [6.45, 7) is 5.57. The van der Waals surface area contributed by atoms with E-state index >= 15 is 0 Å². The lowest BCUT2D eigenvalue weighted by molar-refractivity contribution is -0.228. The summed E-state index contributed by atoms with van der Waals surface area (Å²) in [5.74, 6) is -0.819. The number of benzene rings is 2. The van der Waals surface area contributed by atoms with Gasteiger partial charge in [-0.05, 0) is 45.0 Å². The molecule has 3 aromatic rings. The van der Waals surface area contributed by atoms with Gasteiger partial charge in [0.15, 0.2) is 12.1 Å². The molecule has 164 valence electrons. The fraction of sp³-hybridized carbons (Fsp3) is 0.391. The molecule has 0 spiro atoms. The molecule has 0 amide bonds. The predicted molar refractivity (Wildman–Crippen MR) is 114 cm³/mol. The second-order valence-corrected chi connectivity index (χ2v) is 10.2. The van der Waals surface area contributed by atoms with Gasteiger partial charge in [-0.15, -0.1) is 0 Å². The van der Waals surface area contributed by atoms with E-state index < -0.39 is 40.4 Å². The molecule has 7 nitrogen and oxygen atoms in total. The number of nitrogens with zero attached hydrogens (tertiary/aromatic N) is 1. The van der Waals surface area contributed by atoms with E-state index in [1.165, 1.54) is 11.1 Å². The molecule has 0 bridgehead atoms. The van der Waals surface area contributed by atoms with Gasteiger partial charge in [-0.3, -0.25) is 0 Å². The molecule has 3 heterocycles. The van der Waals surface area contributed by atoms with Gasteiger partial charge in [0.25, 0.3) is 10.0 Å². The van der Waals surface area contributed by atoms with Crippen molar-refractivity contribution in [3.63, 3.8) is 0 Å². The van der Waals surface area contributed by atoms with Crippen LogP contribution in [0.4, 0.5) is 0 Å². The first-order valence-electron chi connectivity index (χ1n) is 10.2. The second kappa shape index (κ2) is 7.15. The van der Waals surface area contributed by atoms with Crippen molar-refractivity contribution in [2.24, 2.45) is 0 Å². The number of aromatic nitrogens is 1. The van der Waals surface area contributed by atoms with Gasteiger partial charge in [-0.25, -0.2) is 12.4 Å². The molecule has 2 fully saturated rings. The van der Waals surface area contributed by atoms with E-state index in [1.807, 2.05) is 45.0 Å². The second-order valence-electron chi connectivity index (χ2n) is 8.44. The molecule has 4 atom stereocenters. The summed E-state index contributed by atoms with van der Waals surface area (Å²) in [7, 11) is -2.35. The lowest BCUT2D eigenvalue weighted by Crippen LogP contribution is -2.30. The van der Waals surface area contributed by atoms with E-state index in [4.69, 9.17) is 18.9 Å². The molecule has 0 radical (unpaired) electrons. The third-order valence-corrected chi connectivity index (χ3v) is 7.54. The molecule has 0 unspecified atom stereocenters. The topological polar surface area (TPSA) is 76.0 Å². The molecule has 2 aliphatic heterocycles. The number of hydrogen-bond acceptors (Lipinski definition) is 6. The maximum atomic E-state index is 13.8. The van der Waals surface area contributed by atoms with E-state index in [1.54, 1.807) is 30.3 Å². The Morgan fingerprint density at radius 1 is 1.00 bits per heavy atom. The number of fused-ring (bicyclic) bond motifs is 2. The number of rotatable bonds is 4. The maximum Gasteiger partial charge on any atom is 0.268 e. The van der Waals surface area contributed by atoms with Gasteiger partial charge in [0.05, 0.1) is 16.1 Å². The number of ether oxygens (including phenoxy) is 4. The van der Waals surface area contributed by atoms with Gasteiger partial charge in [0, 0.05) is 12.5 Å². The molecule has 8 heteroatoms. The van der Waals surface area contributed by atoms with Crippen molar-refractivity contribution < 1.29 is 27.4 Å². The fourth-order valence-corrected chi connectivity index (χ4v) is 5.97. The van der Waals surface area contributed by atoms with E-state index in [0.717, 1.165) is 10.9 Å². The molecule has 31 heavy (non-hydrogen) atoms. The molecule has 0 saturated carbocycles. The van der Waals surface area contributed by atoms with Crippen LogP contribution in [0.1, 0.15) is 31.2 Å². The van der Waals surface area contributed by atoms with Crippen LogP contribution in [-0.4, -0.2) is 43.8 Å². The Bertz CT molecular complexity index is 1230. The average molecular weight is 444 g/mol. The van der Waals surface area contributed by atoms with Crippen LogP contribution in [0.15, 0.2) is 59.5 Å². The summed E-state index contributed by atoms with van der Waals surface area (Å²) in [4.78, 5) is 0.211. The van der Waals surface area contributed by atoms with Crippen molar-refractivity contribution in [1.82, 2.24) is 3.97 Å². The highest BCUT2D eigenvalue weighted by molar-refractivity contribution is 7.90. The molecule has 0 aliphatic carbocycles. The van der Waals surface area contributed by atoms with Crippen LogP contribution in [-0.2, 0) is 29.0 Å². The molecule has 2 aromatic carbocycles. The quantitative estimate of drug-likeness (QED) is 0.611. The zero-order chi connectivity index (χ0) is 22.0. The SMILES string of the molecule is CO[C@H]1O[C@H](c2cc3ccccc3n2S(=O)(=O)c2ccc(C)cc2)[C@@H]2OC(C)(C)O[C@H]12. The van der Waals surface area contributed by atoms with Crippen molar-refractivity contribution >= 4 is 20.9 Å². The van der Waals surface area contributed by atoms with Crippen molar-refractivity contribution in [1.29, 1.82) is 0 Å². The molecular weight excluding hydrogens is 418 g/mol. The summed E-state index contributed by atoms with van der Waals surface area (Å²) in [6.07, 6.45) is -2.30. The van der Waals surface area contributed by atoms with Crippen LogP contribution in [0.5, 0.6) is 0 Å². The number of hydrogen-bond donors (Lipinski definition) is 0. The van der Waals surface area contributed by atoms with Crippen molar-refractivity contribution in [3.05, 3.63) is 65.9 Å².